The lowest BCUT2D eigenvalue weighted by Crippen LogP contribution is -2.40. The van der Waals surface area contributed by atoms with E-state index in [2.05, 4.69) is 17.1 Å². The molecule has 0 radical (unpaired) electrons. The Balaban J connectivity index is 2.06. The second-order valence-electron chi connectivity index (χ2n) is 5.25. The summed E-state index contributed by atoms with van der Waals surface area (Å²) >= 11 is 0. The second kappa shape index (κ2) is 6.89. The van der Waals surface area contributed by atoms with E-state index in [1.807, 2.05) is 18.2 Å². The van der Waals surface area contributed by atoms with Crippen molar-refractivity contribution in [1.82, 2.24) is 10.2 Å². The molecule has 0 amide bonds. The van der Waals surface area contributed by atoms with Gasteiger partial charge in [0, 0.05) is 30.7 Å². The van der Waals surface area contributed by atoms with Crippen molar-refractivity contribution in [3.05, 3.63) is 29.8 Å². The third kappa shape index (κ3) is 3.69. The van der Waals surface area contributed by atoms with Gasteiger partial charge in [-0.15, -0.1) is 0 Å². The van der Waals surface area contributed by atoms with Crippen LogP contribution in [0.5, 0.6) is 5.75 Å². The van der Waals surface area contributed by atoms with Crippen LogP contribution in [-0.4, -0.2) is 47.4 Å². The first-order chi connectivity index (χ1) is 9.22. The first kappa shape index (κ1) is 14.3. The zero-order valence-corrected chi connectivity index (χ0v) is 11.5. The van der Waals surface area contributed by atoms with Gasteiger partial charge < -0.3 is 15.5 Å². The number of hydrogen-bond acceptors (Lipinski definition) is 4. The van der Waals surface area contributed by atoms with E-state index in [4.69, 9.17) is 0 Å². The molecule has 2 unspecified atom stereocenters. The molecular formula is C15H24N2O2. The first-order valence-electron chi connectivity index (χ1n) is 7.08. The molecule has 1 saturated heterocycles. The van der Waals surface area contributed by atoms with Crippen LogP contribution >= 0.6 is 0 Å². The highest BCUT2D eigenvalue weighted by atomic mass is 16.3. The molecule has 0 aliphatic carbocycles. The molecule has 106 valence electrons. The van der Waals surface area contributed by atoms with Crippen molar-refractivity contribution < 1.29 is 10.2 Å². The van der Waals surface area contributed by atoms with Gasteiger partial charge in [0.25, 0.3) is 0 Å². The molecule has 1 aliphatic heterocycles. The topological polar surface area (TPSA) is 55.7 Å². The normalized spacial score (nSPS) is 20.9. The van der Waals surface area contributed by atoms with Gasteiger partial charge in [0.05, 0.1) is 6.61 Å². The quantitative estimate of drug-likeness (QED) is 0.729. The van der Waals surface area contributed by atoms with E-state index in [9.17, 15) is 10.2 Å². The van der Waals surface area contributed by atoms with Gasteiger partial charge in [-0.25, -0.2) is 0 Å². The minimum Gasteiger partial charge on any atom is -0.508 e. The predicted octanol–water partition coefficient (Wildman–Crippen LogP) is 1.50. The Morgan fingerprint density at radius 3 is 2.84 bits per heavy atom. The van der Waals surface area contributed by atoms with Gasteiger partial charge in [0.15, 0.2) is 0 Å². The first-order valence-corrected chi connectivity index (χ1v) is 7.08. The second-order valence-corrected chi connectivity index (χ2v) is 5.25. The van der Waals surface area contributed by atoms with Crippen LogP contribution in [-0.2, 0) is 0 Å². The van der Waals surface area contributed by atoms with E-state index in [1.54, 1.807) is 6.07 Å². The molecule has 19 heavy (non-hydrogen) atoms. The number of para-hydroxylation sites is 1. The van der Waals surface area contributed by atoms with E-state index in [1.165, 1.54) is 12.8 Å². The number of aliphatic hydroxyl groups excluding tert-OH is 1. The summed E-state index contributed by atoms with van der Waals surface area (Å²) in [6.07, 6.45) is 2.41. The summed E-state index contributed by atoms with van der Waals surface area (Å²) in [5.74, 6) is 0.331. The molecule has 1 fully saturated rings. The molecule has 1 heterocycles. The van der Waals surface area contributed by atoms with Crippen LogP contribution in [0.3, 0.4) is 0 Å². The highest BCUT2D eigenvalue weighted by Gasteiger charge is 2.23. The maximum absolute atomic E-state index is 9.95. The maximum Gasteiger partial charge on any atom is 0.120 e. The molecule has 4 nitrogen and oxygen atoms in total. The van der Waals surface area contributed by atoms with E-state index in [-0.39, 0.29) is 12.6 Å². The summed E-state index contributed by atoms with van der Waals surface area (Å²) in [7, 11) is 0. The van der Waals surface area contributed by atoms with Gasteiger partial charge in [-0.2, -0.15) is 0 Å². The van der Waals surface area contributed by atoms with Crippen LogP contribution in [0.4, 0.5) is 0 Å². The van der Waals surface area contributed by atoms with Crippen LogP contribution in [0.2, 0.25) is 0 Å². The molecule has 2 rings (SSSR count). The molecule has 4 heteroatoms. The average molecular weight is 264 g/mol. The molecule has 2 atom stereocenters. The Morgan fingerprint density at radius 1 is 1.42 bits per heavy atom. The monoisotopic (exact) mass is 264 g/mol. The van der Waals surface area contributed by atoms with Gasteiger partial charge in [-0.1, -0.05) is 18.2 Å². The maximum atomic E-state index is 9.95. The van der Waals surface area contributed by atoms with Gasteiger partial charge in [0.2, 0.25) is 0 Å². The Labute approximate surface area is 115 Å². The molecule has 1 aromatic carbocycles. The fraction of sp³-hybridized carbons (Fsp3) is 0.600. The van der Waals surface area contributed by atoms with Crippen molar-refractivity contribution in [2.24, 2.45) is 0 Å². The number of rotatable bonds is 6. The summed E-state index contributed by atoms with van der Waals surface area (Å²) in [6, 6.07) is 8.05. The van der Waals surface area contributed by atoms with Crippen molar-refractivity contribution in [3.63, 3.8) is 0 Å². The van der Waals surface area contributed by atoms with Crippen LogP contribution in [0.25, 0.3) is 0 Å². The number of hydrogen-bond donors (Lipinski definition) is 3. The fourth-order valence-electron chi connectivity index (χ4n) is 2.80. The van der Waals surface area contributed by atoms with Crippen molar-refractivity contribution in [2.75, 3.05) is 26.2 Å². The smallest absolute Gasteiger partial charge is 0.120 e. The van der Waals surface area contributed by atoms with Crippen LogP contribution < -0.4 is 5.32 Å². The number of nitrogens with zero attached hydrogens (tertiary/aromatic N) is 1. The summed E-state index contributed by atoms with van der Waals surface area (Å²) in [5, 5.41) is 22.7. The summed E-state index contributed by atoms with van der Waals surface area (Å²) in [5.41, 5.74) is 0.925. The lowest BCUT2D eigenvalue weighted by atomic mass is 10.0. The zero-order valence-electron chi connectivity index (χ0n) is 11.5. The Morgan fingerprint density at radius 2 is 2.21 bits per heavy atom. The van der Waals surface area contributed by atoms with Crippen molar-refractivity contribution >= 4 is 0 Å². The summed E-state index contributed by atoms with van der Waals surface area (Å²) < 4.78 is 0. The Bertz CT molecular complexity index is 391. The molecular weight excluding hydrogens is 240 g/mol. The third-order valence-corrected chi connectivity index (χ3v) is 3.94. The molecule has 3 N–H and O–H groups in total. The lowest BCUT2D eigenvalue weighted by Gasteiger charge is -2.31. The van der Waals surface area contributed by atoms with Crippen LogP contribution in [0, 0.1) is 0 Å². The number of nitrogens with one attached hydrogen (secondary N) is 1. The molecule has 0 bridgehead atoms. The largest absolute Gasteiger partial charge is 0.508 e. The average Bonchev–Trinajstić information content (AvgIpc) is 2.91. The Kier molecular flexibility index (Phi) is 5.19. The van der Waals surface area contributed by atoms with E-state index < -0.39 is 0 Å². The number of aromatic hydroxyl groups is 1. The summed E-state index contributed by atoms with van der Waals surface area (Å²) in [4.78, 5) is 2.23. The van der Waals surface area contributed by atoms with Crippen molar-refractivity contribution in [2.45, 2.75) is 31.8 Å². The van der Waals surface area contributed by atoms with Crippen LogP contribution in [0.1, 0.15) is 31.4 Å². The lowest BCUT2D eigenvalue weighted by molar-refractivity contribution is 0.146. The number of phenols is 1. The van der Waals surface area contributed by atoms with E-state index in [0.717, 1.165) is 18.7 Å². The van der Waals surface area contributed by atoms with Crippen molar-refractivity contribution in [1.29, 1.82) is 0 Å². The summed E-state index contributed by atoms with van der Waals surface area (Å²) in [6.45, 7) is 4.86. The number of phenolic OH excluding ortho intramolecular Hbond substituents is 1. The minimum atomic E-state index is 0.107. The van der Waals surface area contributed by atoms with E-state index >= 15 is 0 Å². The van der Waals surface area contributed by atoms with Crippen molar-refractivity contribution in [3.8, 4) is 5.75 Å². The van der Waals surface area contributed by atoms with Gasteiger partial charge in [0.1, 0.15) is 5.75 Å². The van der Waals surface area contributed by atoms with E-state index in [0.29, 0.717) is 18.3 Å². The predicted molar refractivity (Wildman–Crippen MR) is 76.2 cm³/mol. The number of benzene rings is 1. The molecule has 1 aliphatic rings. The highest BCUT2D eigenvalue weighted by Crippen LogP contribution is 2.28. The van der Waals surface area contributed by atoms with Gasteiger partial charge >= 0.3 is 0 Å². The SMILES string of the molecule is CC(c1ccccc1O)N(CCO)CC1CCCN1. The van der Waals surface area contributed by atoms with Crippen LogP contribution in [0.15, 0.2) is 24.3 Å². The minimum absolute atomic E-state index is 0.107. The van der Waals surface area contributed by atoms with Gasteiger partial charge in [-0.3, -0.25) is 4.90 Å². The molecule has 1 aromatic rings. The standard InChI is InChI=1S/C15H24N2O2/c1-12(14-6-2-3-7-15(14)19)17(9-10-18)11-13-5-4-8-16-13/h2-3,6-7,12-13,16,18-19H,4-5,8-11H2,1H3. The highest BCUT2D eigenvalue weighted by molar-refractivity contribution is 5.34. The third-order valence-electron chi connectivity index (χ3n) is 3.94. The zero-order chi connectivity index (χ0) is 13.7. The van der Waals surface area contributed by atoms with Gasteiger partial charge in [-0.05, 0) is 32.4 Å². The fourth-order valence-corrected chi connectivity index (χ4v) is 2.80. The molecule has 0 spiro atoms. The molecule has 0 aromatic heterocycles. The molecule has 0 saturated carbocycles. The Hall–Kier alpha value is -1.10. The number of aliphatic hydroxyl groups is 1.